The third-order valence-corrected chi connectivity index (χ3v) is 5.90. The summed E-state index contributed by atoms with van der Waals surface area (Å²) in [5.74, 6) is 0.548. The highest BCUT2D eigenvalue weighted by molar-refractivity contribution is 7.15. The molecule has 1 aromatic carbocycles. The van der Waals surface area contributed by atoms with Crippen molar-refractivity contribution in [2.75, 3.05) is 18.4 Å². The number of thiazole rings is 1. The lowest BCUT2D eigenvalue weighted by molar-refractivity contribution is 0.0998. The summed E-state index contributed by atoms with van der Waals surface area (Å²) in [4.78, 5) is 18.2. The molecule has 0 aliphatic carbocycles. The van der Waals surface area contributed by atoms with Crippen LogP contribution in [0.1, 0.15) is 39.8 Å². The molecule has 1 amide bonds. The molecule has 0 bridgehead atoms. The van der Waals surface area contributed by atoms with Gasteiger partial charge in [-0.1, -0.05) is 11.6 Å². The normalized spacial score (nSPS) is 15.6. The lowest BCUT2D eigenvalue weighted by Gasteiger charge is -2.20. The topological polar surface area (TPSA) is 67.2 Å². The molecular formula is C18H18ClN3O2S. The maximum absolute atomic E-state index is 12.6. The highest BCUT2D eigenvalue weighted by atomic mass is 35.5. The number of halogens is 1. The predicted molar refractivity (Wildman–Crippen MR) is 101 cm³/mol. The van der Waals surface area contributed by atoms with Crippen LogP contribution in [0.25, 0.3) is 11.0 Å². The number of carbonyl (C=O) groups excluding carboxylic acids is 1. The van der Waals surface area contributed by atoms with Crippen molar-refractivity contribution < 1.29 is 9.21 Å². The van der Waals surface area contributed by atoms with Gasteiger partial charge in [0.15, 0.2) is 10.9 Å². The number of piperidine rings is 1. The highest BCUT2D eigenvalue weighted by Gasteiger charge is 2.21. The average Bonchev–Trinajstić information content (AvgIpc) is 3.21. The number of nitrogens with one attached hydrogen (secondary N) is 2. The molecule has 0 radical (unpaired) electrons. The summed E-state index contributed by atoms with van der Waals surface area (Å²) in [5.41, 5.74) is 1.44. The van der Waals surface area contributed by atoms with Crippen molar-refractivity contribution >= 4 is 44.9 Å². The van der Waals surface area contributed by atoms with E-state index in [2.05, 4.69) is 15.6 Å². The Bertz CT molecular complexity index is 928. The van der Waals surface area contributed by atoms with Crippen LogP contribution in [0.15, 0.2) is 28.8 Å². The number of nitrogens with zero attached hydrogens (tertiary/aromatic N) is 1. The van der Waals surface area contributed by atoms with E-state index in [1.165, 1.54) is 4.88 Å². The number of amides is 1. The van der Waals surface area contributed by atoms with Crippen LogP contribution in [-0.2, 0) is 0 Å². The van der Waals surface area contributed by atoms with Crippen LogP contribution >= 0.6 is 22.9 Å². The summed E-state index contributed by atoms with van der Waals surface area (Å²) in [6.07, 6.45) is 4.10. The number of rotatable bonds is 3. The molecule has 130 valence electrons. The van der Waals surface area contributed by atoms with E-state index in [9.17, 15) is 4.79 Å². The van der Waals surface area contributed by atoms with Crippen LogP contribution in [0.5, 0.6) is 0 Å². The van der Waals surface area contributed by atoms with Gasteiger partial charge in [-0.15, -0.1) is 11.3 Å². The molecule has 1 fully saturated rings. The molecule has 1 aliphatic heterocycles. The van der Waals surface area contributed by atoms with Crippen molar-refractivity contribution in [3.63, 3.8) is 0 Å². The van der Waals surface area contributed by atoms with E-state index in [1.54, 1.807) is 23.5 Å². The van der Waals surface area contributed by atoms with Crippen molar-refractivity contribution in [1.82, 2.24) is 10.3 Å². The zero-order valence-electron chi connectivity index (χ0n) is 13.8. The molecular weight excluding hydrogens is 358 g/mol. The molecule has 4 rings (SSSR count). The minimum atomic E-state index is -0.281. The quantitative estimate of drug-likeness (QED) is 0.703. The molecule has 1 saturated heterocycles. The monoisotopic (exact) mass is 375 g/mol. The fraction of sp³-hybridized carbons (Fsp3) is 0.333. The number of benzene rings is 1. The van der Waals surface area contributed by atoms with Gasteiger partial charge >= 0.3 is 0 Å². The Morgan fingerprint density at radius 2 is 2.20 bits per heavy atom. The maximum Gasteiger partial charge on any atom is 0.293 e. The summed E-state index contributed by atoms with van der Waals surface area (Å²) in [5, 5.41) is 8.30. The van der Waals surface area contributed by atoms with Gasteiger partial charge in [0, 0.05) is 27.0 Å². The van der Waals surface area contributed by atoms with Gasteiger partial charge in [-0.05, 0) is 57.0 Å². The Balaban J connectivity index is 1.54. The molecule has 0 atom stereocenters. The Labute approximate surface area is 154 Å². The third-order valence-electron chi connectivity index (χ3n) is 4.59. The first kappa shape index (κ1) is 16.6. The van der Waals surface area contributed by atoms with E-state index in [-0.39, 0.29) is 5.91 Å². The Kier molecular flexibility index (Phi) is 4.50. The summed E-state index contributed by atoms with van der Waals surface area (Å²) in [6, 6.07) is 5.34. The van der Waals surface area contributed by atoms with Gasteiger partial charge in [0.2, 0.25) is 0 Å². The first-order valence-corrected chi connectivity index (χ1v) is 9.47. The Morgan fingerprint density at radius 3 is 3.00 bits per heavy atom. The van der Waals surface area contributed by atoms with Gasteiger partial charge in [-0.3, -0.25) is 10.1 Å². The summed E-state index contributed by atoms with van der Waals surface area (Å²) >= 11 is 7.57. The van der Waals surface area contributed by atoms with Gasteiger partial charge in [-0.2, -0.15) is 0 Å². The molecule has 2 N–H and O–H groups in total. The van der Waals surface area contributed by atoms with Gasteiger partial charge in [-0.25, -0.2) is 4.98 Å². The van der Waals surface area contributed by atoms with Crippen LogP contribution in [0.3, 0.4) is 0 Å². The lowest BCUT2D eigenvalue weighted by Crippen LogP contribution is -2.26. The van der Waals surface area contributed by atoms with Gasteiger partial charge in [0.1, 0.15) is 5.58 Å². The summed E-state index contributed by atoms with van der Waals surface area (Å²) in [7, 11) is 0. The first-order chi connectivity index (χ1) is 12.1. The molecule has 0 unspecified atom stereocenters. The van der Waals surface area contributed by atoms with Crippen molar-refractivity contribution in [1.29, 1.82) is 0 Å². The third kappa shape index (κ3) is 3.29. The molecule has 7 heteroatoms. The lowest BCUT2D eigenvalue weighted by atomic mass is 9.97. The smallest absolute Gasteiger partial charge is 0.293 e. The maximum atomic E-state index is 12.6. The van der Waals surface area contributed by atoms with E-state index in [1.807, 2.05) is 19.2 Å². The van der Waals surface area contributed by atoms with E-state index in [0.717, 1.165) is 36.9 Å². The predicted octanol–water partition coefficient (Wildman–Crippen LogP) is 4.57. The number of anilines is 1. The molecule has 3 heterocycles. The van der Waals surface area contributed by atoms with Crippen LogP contribution in [-0.4, -0.2) is 24.0 Å². The first-order valence-electron chi connectivity index (χ1n) is 8.28. The van der Waals surface area contributed by atoms with Gasteiger partial charge in [0.05, 0.1) is 0 Å². The van der Waals surface area contributed by atoms with Gasteiger partial charge < -0.3 is 9.73 Å². The number of aromatic nitrogens is 1. The molecule has 0 saturated carbocycles. The Morgan fingerprint density at radius 1 is 1.40 bits per heavy atom. The van der Waals surface area contributed by atoms with Crippen molar-refractivity contribution in [3.05, 3.63) is 45.6 Å². The molecule has 2 aromatic heterocycles. The van der Waals surface area contributed by atoms with Crippen LogP contribution < -0.4 is 10.6 Å². The van der Waals surface area contributed by atoms with Crippen molar-refractivity contribution in [3.8, 4) is 0 Å². The van der Waals surface area contributed by atoms with Gasteiger partial charge in [0.25, 0.3) is 5.91 Å². The molecule has 5 nitrogen and oxygen atoms in total. The SMILES string of the molecule is Cc1c(C(=O)Nc2ncc(C3CCNCC3)s2)oc2ccc(Cl)cc12. The fourth-order valence-electron chi connectivity index (χ4n) is 3.20. The number of hydrogen-bond donors (Lipinski definition) is 2. The zero-order chi connectivity index (χ0) is 17.4. The number of hydrogen-bond acceptors (Lipinski definition) is 5. The molecule has 1 aliphatic rings. The Hall–Kier alpha value is -1.89. The van der Waals surface area contributed by atoms with Crippen LogP contribution in [0.4, 0.5) is 5.13 Å². The molecule has 0 spiro atoms. The largest absolute Gasteiger partial charge is 0.451 e. The fourth-order valence-corrected chi connectivity index (χ4v) is 4.36. The highest BCUT2D eigenvalue weighted by Crippen LogP contribution is 2.33. The second-order valence-corrected chi connectivity index (χ2v) is 7.74. The van der Waals surface area contributed by atoms with E-state index in [0.29, 0.717) is 27.4 Å². The van der Waals surface area contributed by atoms with E-state index < -0.39 is 0 Å². The minimum absolute atomic E-state index is 0.281. The zero-order valence-corrected chi connectivity index (χ0v) is 15.3. The van der Waals surface area contributed by atoms with E-state index in [4.69, 9.17) is 16.0 Å². The second kappa shape index (κ2) is 6.78. The number of furan rings is 1. The average molecular weight is 376 g/mol. The summed E-state index contributed by atoms with van der Waals surface area (Å²) in [6.45, 7) is 3.93. The van der Waals surface area contributed by atoms with Crippen LogP contribution in [0.2, 0.25) is 5.02 Å². The molecule has 3 aromatic rings. The second-order valence-electron chi connectivity index (χ2n) is 6.24. The standard InChI is InChI=1S/C18H18ClN3O2S/c1-10-13-8-12(19)2-3-14(13)24-16(10)17(23)22-18-21-9-15(25-18)11-4-6-20-7-5-11/h2-3,8-9,11,20H,4-7H2,1H3,(H,21,22,23). The number of aryl methyl sites for hydroxylation is 1. The molecule has 25 heavy (non-hydrogen) atoms. The minimum Gasteiger partial charge on any atom is -0.451 e. The number of fused-ring (bicyclic) bond motifs is 1. The number of carbonyl (C=O) groups is 1. The van der Waals surface area contributed by atoms with Crippen molar-refractivity contribution in [2.24, 2.45) is 0 Å². The van der Waals surface area contributed by atoms with Crippen molar-refractivity contribution in [2.45, 2.75) is 25.7 Å². The summed E-state index contributed by atoms with van der Waals surface area (Å²) < 4.78 is 5.71. The van der Waals surface area contributed by atoms with Crippen LogP contribution in [0, 0.1) is 6.92 Å². The van der Waals surface area contributed by atoms with E-state index >= 15 is 0 Å².